The maximum absolute atomic E-state index is 5.57. The van der Waals surface area contributed by atoms with Crippen molar-refractivity contribution in [1.29, 1.82) is 0 Å². The quantitative estimate of drug-likeness (QED) is 0.0770. The van der Waals surface area contributed by atoms with Crippen LogP contribution in [0.3, 0.4) is 0 Å². The molecule has 0 aliphatic heterocycles. The summed E-state index contributed by atoms with van der Waals surface area (Å²) in [6.07, 6.45) is 14.8. The smallest absolute Gasteiger partial charge is 0.192 e. The number of rotatable bonds is 15. The van der Waals surface area contributed by atoms with Gasteiger partial charge in [-0.25, -0.2) is 0 Å². The van der Waals surface area contributed by atoms with Crippen molar-refractivity contribution in [3.63, 3.8) is 0 Å². The van der Waals surface area contributed by atoms with Crippen molar-refractivity contribution in [1.82, 2.24) is 0 Å². The molecular formula is C20H28NiO4S-2. The fourth-order valence-corrected chi connectivity index (χ4v) is 2.03. The molecule has 0 fully saturated rings. The van der Waals surface area contributed by atoms with Crippen molar-refractivity contribution >= 4 is 16.8 Å². The largest absolute Gasteiger partial charge is 0.335 e. The van der Waals surface area contributed by atoms with Crippen LogP contribution in [0.25, 0.3) is 0 Å². The van der Waals surface area contributed by atoms with E-state index >= 15 is 0 Å². The van der Waals surface area contributed by atoms with E-state index in [2.05, 4.69) is 38.5 Å². The predicted molar refractivity (Wildman–Crippen MR) is 105 cm³/mol. The van der Waals surface area contributed by atoms with Gasteiger partial charge in [0, 0.05) is 0 Å². The van der Waals surface area contributed by atoms with E-state index < -0.39 is 0 Å². The molecule has 1 aliphatic carbocycles. The summed E-state index contributed by atoms with van der Waals surface area (Å²) in [7, 11) is 0. The second-order valence-electron chi connectivity index (χ2n) is 4.81. The van der Waals surface area contributed by atoms with Gasteiger partial charge in [-0.3, -0.25) is 0 Å². The first-order valence-electron chi connectivity index (χ1n) is 8.34. The summed E-state index contributed by atoms with van der Waals surface area (Å²) >= 11 is 6.13. The molecule has 26 heavy (non-hydrogen) atoms. The second kappa shape index (κ2) is 20.5. The van der Waals surface area contributed by atoms with Gasteiger partial charge in [-0.15, -0.1) is 6.42 Å². The zero-order valence-electron chi connectivity index (χ0n) is 15.4. The van der Waals surface area contributed by atoms with Gasteiger partial charge in [-0.05, 0) is 0 Å². The van der Waals surface area contributed by atoms with E-state index in [1.165, 1.54) is 0 Å². The Morgan fingerprint density at radius 3 is 2.27 bits per heavy atom. The fourth-order valence-electron chi connectivity index (χ4n) is 1.27. The molecule has 0 saturated carbocycles. The van der Waals surface area contributed by atoms with E-state index in [9.17, 15) is 0 Å². The summed E-state index contributed by atoms with van der Waals surface area (Å²) in [5.74, 6) is 3.08. The third-order valence-electron chi connectivity index (χ3n) is 2.40. The van der Waals surface area contributed by atoms with Gasteiger partial charge in [0.25, 0.3) is 0 Å². The fraction of sp³-hybridized carbons (Fsp3) is 0.500. The molecule has 1 aliphatic rings. The Hall–Kier alpha value is -0.826. The summed E-state index contributed by atoms with van der Waals surface area (Å²) in [6, 6.07) is 0. The van der Waals surface area contributed by atoms with Crippen LogP contribution in [0.4, 0.5) is 0 Å². The molecule has 4 nitrogen and oxygen atoms in total. The third-order valence-corrected chi connectivity index (χ3v) is 3.40. The van der Waals surface area contributed by atoms with Crippen LogP contribution < -0.4 is 0 Å². The van der Waals surface area contributed by atoms with Crippen LogP contribution in [0, 0.1) is 24.2 Å². The summed E-state index contributed by atoms with van der Waals surface area (Å²) in [5, 5.41) is 3.60. The Morgan fingerprint density at radius 2 is 1.73 bits per heavy atom. The van der Waals surface area contributed by atoms with Gasteiger partial charge in [0.1, 0.15) is 6.61 Å². The minimum absolute atomic E-state index is 0.317. The SMILES string of the molecule is C#CCOCCOCCOCCO/C(C=[C-]SC1C=C1)=C/[CH]=[Ni].C[CH-]C. The number of thioether (sulfide) groups is 1. The maximum atomic E-state index is 5.57. The summed E-state index contributed by atoms with van der Waals surface area (Å²) < 4.78 is 21.4. The van der Waals surface area contributed by atoms with Gasteiger partial charge in [-0.2, -0.15) is 13.8 Å². The van der Waals surface area contributed by atoms with Crippen LogP contribution in [-0.4, -0.2) is 56.5 Å². The van der Waals surface area contributed by atoms with Crippen LogP contribution in [0.5, 0.6) is 0 Å². The first-order valence-corrected chi connectivity index (χ1v) is 9.79. The zero-order valence-corrected chi connectivity index (χ0v) is 17.2. The van der Waals surface area contributed by atoms with E-state index in [1.807, 2.05) is 20.3 Å². The Balaban J connectivity index is 0.00000194. The Kier molecular flexibility index (Phi) is 19.8. The average molecular weight is 423 g/mol. The van der Waals surface area contributed by atoms with E-state index in [1.54, 1.807) is 28.9 Å². The number of ether oxygens (including phenoxy) is 4. The van der Waals surface area contributed by atoms with Crippen molar-refractivity contribution in [2.24, 2.45) is 0 Å². The maximum Gasteiger partial charge on any atom is -0.192 e. The van der Waals surface area contributed by atoms with Gasteiger partial charge >= 0.3 is 126 Å². The molecule has 0 aromatic rings. The van der Waals surface area contributed by atoms with E-state index in [4.69, 9.17) is 25.4 Å². The van der Waals surface area contributed by atoms with Gasteiger partial charge in [0.15, 0.2) is 0 Å². The van der Waals surface area contributed by atoms with Crippen molar-refractivity contribution in [2.75, 3.05) is 46.2 Å². The van der Waals surface area contributed by atoms with Crippen molar-refractivity contribution in [3.8, 4) is 12.3 Å². The molecule has 0 saturated heterocycles. The van der Waals surface area contributed by atoms with Crippen molar-refractivity contribution in [3.05, 3.63) is 41.9 Å². The molecule has 0 unspecified atom stereocenters. The Labute approximate surface area is 170 Å². The molecule has 0 aromatic carbocycles. The van der Waals surface area contributed by atoms with E-state index in [0.29, 0.717) is 57.3 Å². The van der Waals surface area contributed by atoms with E-state index in [-0.39, 0.29) is 0 Å². The zero-order chi connectivity index (χ0) is 19.3. The Bertz CT molecular complexity index is 463. The number of terminal acetylenes is 1. The van der Waals surface area contributed by atoms with Crippen LogP contribution >= 0.6 is 11.8 Å². The molecule has 1 rings (SSSR count). The molecule has 0 atom stereocenters. The molecule has 6 heteroatoms. The second-order valence-corrected chi connectivity index (χ2v) is 6.16. The summed E-state index contributed by atoms with van der Waals surface area (Å²) in [4.78, 5) is 1.56. The van der Waals surface area contributed by atoms with Crippen molar-refractivity contribution < 1.29 is 34.0 Å². The molecule has 0 radical (unpaired) electrons. The van der Waals surface area contributed by atoms with E-state index in [0.717, 1.165) is 0 Å². The normalized spacial score (nSPS) is 13.3. The predicted octanol–water partition coefficient (Wildman–Crippen LogP) is 3.14. The standard InChI is InChI=1S/C17H21O4S.C3H7.Ni/c1-3-8-18-9-10-19-11-12-20-13-14-21-16(4-2)7-15-22-17-5-6-17;1-3-2;/h1-2,4-7,17H,8-14H2;3H,1-2H3;/q2*-1;/b16-4+;;. The molecule has 150 valence electrons. The summed E-state index contributed by atoms with van der Waals surface area (Å²) in [5.41, 5.74) is 0. The first-order chi connectivity index (χ1) is 12.8. The minimum atomic E-state index is 0.317. The van der Waals surface area contributed by atoms with Crippen LogP contribution in [0.15, 0.2) is 30.1 Å². The van der Waals surface area contributed by atoms with Gasteiger partial charge in [0.05, 0.1) is 0 Å². The van der Waals surface area contributed by atoms with Crippen LogP contribution in [0.1, 0.15) is 13.8 Å². The third kappa shape index (κ3) is 19.5. The van der Waals surface area contributed by atoms with Crippen molar-refractivity contribution in [2.45, 2.75) is 19.1 Å². The average Bonchev–Trinajstić information content (AvgIpc) is 3.44. The minimum Gasteiger partial charge on any atom is -0.335 e. The molecule has 0 bridgehead atoms. The molecule has 0 aromatic heterocycles. The number of hydrogen-bond acceptors (Lipinski definition) is 5. The molecule has 0 spiro atoms. The van der Waals surface area contributed by atoms with Gasteiger partial charge < -0.3 is 11.2 Å². The van der Waals surface area contributed by atoms with Gasteiger partial charge in [-0.1, -0.05) is 5.92 Å². The number of hydrogen-bond donors (Lipinski definition) is 0. The molecule has 0 heterocycles. The number of allylic oxidation sites excluding steroid dienone is 2. The van der Waals surface area contributed by atoms with Crippen LogP contribution in [-0.2, 0) is 34.0 Å². The van der Waals surface area contributed by atoms with Gasteiger partial charge in [0.2, 0.25) is 0 Å². The Morgan fingerprint density at radius 1 is 1.15 bits per heavy atom. The molecule has 0 amide bonds. The monoisotopic (exact) mass is 422 g/mol. The topological polar surface area (TPSA) is 36.9 Å². The molecule has 0 N–H and O–H groups in total. The molecular weight excluding hydrogens is 395 g/mol. The first kappa shape index (κ1) is 25.2. The summed E-state index contributed by atoms with van der Waals surface area (Å²) in [6.45, 7) is 7.29. The van der Waals surface area contributed by atoms with Crippen LogP contribution in [0.2, 0.25) is 0 Å².